The summed E-state index contributed by atoms with van der Waals surface area (Å²) in [4.78, 5) is 26.4. The van der Waals surface area contributed by atoms with Crippen molar-refractivity contribution in [3.63, 3.8) is 0 Å². The molecule has 0 aliphatic carbocycles. The summed E-state index contributed by atoms with van der Waals surface area (Å²) in [6, 6.07) is 8.56. The summed E-state index contributed by atoms with van der Waals surface area (Å²) >= 11 is 0. The third-order valence-electron chi connectivity index (χ3n) is 5.22. The van der Waals surface area contributed by atoms with Gasteiger partial charge in [0.15, 0.2) is 5.58 Å². The Morgan fingerprint density at radius 1 is 1.27 bits per heavy atom. The van der Waals surface area contributed by atoms with Crippen LogP contribution >= 0.6 is 0 Å². The third-order valence-corrected chi connectivity index (χ3v) is 7.09. The van der Waals surface area contributed by atoms with Crippen molar-refractivity contribution >= 4 is 32.7 Å². The lowest BCUT2D eigenvalue weighted by Gasteiger charge is -2.31. The topological polar surface area (TPSA) is 112 Å². The molecule has 158 valence electrons. The van der Waals surface area contributed by atoms with Crippen LogP contribution in [0.5, 0.6) is 0 Å². The van der Waals surface area contributed by atoms with Crippen molar-refractivity contribution < 1.29 is 22.0 Å². The molecule has 2 aromatic carbocycles. The second-order valence-corrected chi connectivity index (χ2v) is 9.27. The number of aromatic nitrogens is 1. The van der Waals surface area contributed by atoms with Crippen LogP contribution in [0.3, 0.4) is 0 Å². The molecule has 1 aromatic heterocycles. The first-order valence-electron chi connectivity index (χ1n) is 9.44. The predicted octanol–water partition coefficient (Wildman–Crippen LogP) is 2.61. The Bertz CT molecular complexity index is 1280. The van der Waals surface area contributed by atoms with E-state index in [9.17, 15) is 22.4 Å². The van der Waals surface area contributed by atoms with Crippen LogP contribution in [0.4, 0.5) is 10.1 Å². The predicted molar refractivity (Wildman–Crippen MR) is 108 cm³/mol. The lowest BCUT2D eigenvalue weighted by molar-refractivity contribution is -0.120. The molecule has 4 rings (SSSR count). The zero-order valence-corrected chi connectivity index (χ0v) is 17.0. The second-order valence-electron chi connectivity index (χ2n) is 7.33. The van der Waals surface area contributed by atoms with E-state index >= 15 is 0 Å². The molecule has 10 heteroatoms. The quantitative estimate of drug-likeness (QED) is 0.657. The van der Waals surface area contributed by atoms with E-state index in [0.29, 0.717) is 29.6 Å². The highest BCUT2D eigenvalue weighted by Gasteiger charge is 2.33. The number of amides is 1. The lowest BCUT2D eigenvalue weighted by Crippen LogP contribution is -2.43. The average Bonchev–Trinajstić information content (AvgIpc) is 3.10. The van der Waals surface area contributed by atoms with E-state index in [1.54, 1.807) is 19.1 Å². The Balaban J connectivity index is 1.52. The molecule has 8 nitrogen and oxygen atoms in total. The minimum absolute atomic E-state index is 0.0115. The standard InChI is InChI=1S/C20H20FN3O5S/c1-12-4-5-14(9-16(12)21)22-19(25)13-3-2-8-24(11-13)30(27,28)15-6-7-17-18(10-15)29-20(26)23-17/h4-7,9-10,13H,2-3,8,11H2,1H3,(H,22,25)(H,23,26). The van der Waals surface area contributed by atoms with E-state index in [2.05, 4.69) is 10.3 Å². The molecule has 1 aliphatic rings. The summed E-state index contributed by atoms with van der Waals surface area (Å²) in [7, 11) is -3.88. The smallest absolute Gasteiger partial charge is 0.408 e. The van der Waals surface area contributed by atoms with Gasteiger partial charge >= 0.3 is 5.76 Å². The summed E-state index contributed by atoms with van der Waals surface area (Å²) in [6.45, 7) is 1.92. The van der Waals surface area contributed by atoms with Crippen LogP contribution in [0.1, 0.15) is 18.4 Å². The minimum Gasteiger partial charge on any atom is -0.408 e. The van der Waals surface area contributed by atoms with E-state index < -0.39 is 27.5 Å². The van der Waals surface area contributed by atoms with Gasteiger partial charge in [-0.1, -0.05) is 6.07 Å². The van der Waals surface area contributed by atoms with Gasteiger partial charge in [0.25, 0.3) is 0 Å². The maximum Gasteiger partial charge on any atom is 0.417 e. The highest BCUT2D eigenvalue weighted by Crippen LogP contribution is 2.26. The molecular formula is C20H20FN3O5S. The average molecular weight is 433 g/mol. The fourth-order valence-electron chi connectivity index (χ4n) is 3.52. The number of benzene rings is 2. The molecule has 0 spiro atoms. The molecule has 1 fully saturated rings. The summed E-state index contributed by atoms with van der Waals surface area (Å²) in [5.74, 6) is -2.01. The Morgan fingerprint density at radius 2 is 2.07 bits per heavy atom. The Labute approximate surface area is 171 Å². The Morgan fingerprint density at radius 3 is 2.83 bits per heavy atom. The summed E-state index contributed by atoms with van der Waals surface area (Å²) < 4.78 is 46.0. The van der Waals surface area contributed by atoms with Crippen LogP contribution in [-0.2, 0) is 14.8 Å². The number of hydrogen-bond donors (Lipinski definition) is 2. The molecule has 0 bridgehead atoms. The van der Waals surface area contributed by atoms with Crippen molar-refractivity contribution in [3.05, 3.63) is 58.3 Å². The van der Waals surface area contributed by atoms with E-state index in [1.807, 2.05) is 0 Å². The number of H-pyrrole nitrogens is 1. The van der Waals surface area contributed by atoms with Crippen LogP contribution in [0.25, 0.3) is 11.1 Å². The zero-order chi connectivity index (χ0) is 21.5. The van der Waals surface area contributed by atoms with E-state index in [0.717, 1.165) is 0 Å². The van der Waals surface area contributed by atoms with Crippen molar-refractivity contribution in [2.75, 3.05) is 18.4 Å². The molecule has 2 heterocycles. The molecule has 1 atom stereocenters. The molecule has 2 N–H and O–H groups in total. The molecule has 1 amide bonds. The molecule has 30 heavy (non-hydrogen) atoms. The van der Waals surface area contributed by atoms with Gasteiger partial charge in [-0.15, -0.1) is 0 Å². The highest BCUT2D eigenvalue weighted by atomic mass is 32.2. The number of hydrogen-bond acceptors (Lipinski definition) is 5. The van der Waals surface area contributed by atoms with Gasteiger partial charge < -0.3 is 9.73 Å². The minimum atomic E-state index is -3.88. The van der Waals surface area contributed by atoms with Gasteiger partial charge in [-0.3, -0.25) is 9.78 Å². The number of aromatic amines is 1. The number of halogens is 1. The lowest BCUT2D eigenvalue weighted by atomic mass is 9.98. The highest BCUT2D eigenvalue weighted by molar-refractivity contribution is 7.89. The van der Waals surface area contributed by atoms with Crippen LogP contribution in [-0.4, -0.2) is 36.7 Å². The zero-order valence-electron chi connectivity index (χ0n) is 16.1. The van der Waals surface area contributed by atoms with Gasteiger partial charge in [0.1, 0.15) is 5.82 Å². The summed E-state index contributed by atoms with van der Waals surface area (Å²) in [6.07, 6.45) is 1.04. The van der Waals surface area contributed by atoms with E-state index in [1.165, 1.54) is 28.6 Å². The normalized spacial score (nSPS) is 17.9. The number of fused-ring (bicyclic) bond motifs is 1. The molecule has 0 radical (unpaired) electrons. The third kappa shape index (κ3) is 3.88. The van der Waals surface area contributed by atoms with Crippen molar-refractivity contribution in [1.82, 2.24) is 9.29 Å². The van der Waals surface area contributed by atoms with E-state index in [4.69, 9.17) is 4.42 Å². The van der Waals surface area contributed by atoms with Crippen molar-refractivity contribution in [2.24, 2.45) is 5.92 Å². The van der Waals surface area contributed by atoms with E-state index in [-0.39, 0.29) is 29.5 Å². The SMILES string of the molecule is Cc1ccc(NC(=O)C2CCCN(S(=O)(=O)c3ccc4[nH]c(=O)oc4c3)C2)cc1F. The fourth-order valence-corrected chi connectivity index (χ4v) is 5.06. The number of carbonyl (C=O) groups is 1. The van der Waals surface area contributed by atoms with Gasteiger partial charge in [-0.05, 0) is 49.6 Å². The maximum absolute atomic E-state index is 13.7. The van der Waals surface area contributed by atoms with Gasteiger partial charge in [-0.25, -0.2) is 17.6 Å². The van der Waals surface area contributed by atoms with Crippen molar-refractivity contribution in [2.45, 2.75) is 24.7 Å². The Hall–Kier alpha value is -2.98. The number of piperidine rings is 1. The number of aryl methyl sites for hydroxylation is 1. The monoisotopic (exact) mass is 433 g/mol. The van der Waals surface area contributed by atoms with Crippen LogP contribution < -0.4 is 11.1 Å². The first-order chi connectivity index (χ1) is 14.2. The number of anilines is 1. The number of carbonyl (C=O) groups excluding carboxylic acids is 1. The van der Waals surface area contributed by atoms with Gasteiger partial charge in [-0.2, -0.15) is 4.31 Å². The molecule has 0 saturated carbocycles. The van der Waals surface area contributed by atoms with Crippen LogP contribution in [0.2, 0.25) is 0 Å². The van der Waals surface area contributed by atoms with Gasteiger partial charge in [0.05, 0.1) is 16.3 Å². The first-order valence-corrected chi connectivity index (χ1v) is 10.9. The van der Waals surface area contributed by atoms with Crippen LogP contribution in [0, 0.1) is 18.7 Å². The number of nitrogens with one attached hydrogen (secondary N) is 2. The number of oxazole rings is 1. The van der Waals surface area contributed by atoms with Gasteiger partial charge in [0, 0.05) is 24.8 Å². The summed E-state index contributed by atoms with van der Waals surface area (Å²) in [5.41, 5.74) is 1.35. The first kappa shape index (κ1) is 20.3. The summed E-state index contributed by atoms with van der Waals surface area (Å²) in [5, 5.41) is 2.66. The van der Waals surface area contributed by atoms with Crippen molar-refractivity contribution in [1.29, 1.82) is 0 Å². The second kappa shape index (κ2) is 7.69. The molecule has 1 aliphatic heterocycles. The Kier molecular flexibility index (Phi) is 5.20. The van der Waals surface area contributed by atoms with Crippen LogP contribution in [0.15, 0.2) is 50.5 Å². The number of sulfonamides is 1. The molecule has 1 unspecified atom stereocenters. The van der Waals surface area contributed by atoms with Crippen molar-refractivity contribution in [3.8, 4) is 0 Å². The fraction of sp³-hybridized carbons (Fsp3) is 0.300. The number of rotatable bonds is 4. The molecule has 3 aromatic rings. The van der Waals surface area contributed by atoms with Gasteiger partial charge in [0.2, 0.25) is 15.9 Å². The largest absolute Gasteiger partial charge is 0.417 e. The molecule has 1 saturated heterocycles. The number of nitrogens with zero attached hydrogens (tertiary/aromatic N) is 1. The maximum atomic E-state index is 13.7. The molecular weight excluding hydrogens is 413 g/mol.